The average molecular weight is 196 g/mol. The zero-order chi connectivity index (χ0) is 10.2. The highest BCUT2D eigenvalue weighted by atomic mass is 16.5. The van der Waals surface area contributed by atoms with Gasteiger partial charge in [-0.25, -0.2) is 0 Å². The maximum absolute atomic E-state index is 8.82. The minimum atomic E-state index is -0.223. The van der Waals surface area contributed by atoms with Crippen LogP contribution in [0.2, 0.25) is 0 Å². The molecule has 1 rings (SSSR count). The van der Waals surface area contributed by atoms with E-state index in [1.165, 1.54) is 0 Å². The summed E-state index contributed by atoms with van der Waals surface area (Å²) in [5.74, 6) is 0. The molecule has 1 N–H and O–H groups in total. The van der Waals surface area contributed by atoms with Gasteiger partial charge >= 0.3 is 0 Å². The van der Waals surface area contributed by atoms with Crippen molar-refractivity contribution in [2.24, 2.45) is 0 Å². The van der Waals surface area contributed by atoms with E-state index >= 15 is 0 Å². The Bertz CT molecular complexity index is 232. The summed E-state index contributed by atoms with van der Waals surface area (Å²) in [6, 6.07) is 9.91. The van der Waals surface area contributed by atoms with E-state index in [1.807, 2.05) is 30.3 Å². The minimum absolute atomic E-state index is 0.00864. The topological polar surface area (TPSA) is 38.7 Å². The summed E-state index contributed by atoms with van der Waals surface area (Å²) >= 11 is 0. The summed E-state index contributed by atoms with van der Waals surface area (Å²) < 4.78 is 10.3. The van der Waals surface area contributed by atoms with Crippen LogP contribution in [-0.4, -0.2) is 31.5 Å². The fraction of sp³-hybridized carbons (Fsp3) is 0.455. The van der Waals surface area contributed by atoms with Crippen molar-refractivity contribution in [2.45, 2.75) is 12.7 Å². The Balaban J connectivity index is 2.21. The molecular formula is C11H16O3. The second-order valence-corrected chi connectivity index (χ2v) is 3.04. The molecule has 0 spiro atoms. The Morgan fingerprint density at radius 2 is 2.00 bits per heavy atom. The van der Waals surface area contributed by atoms with Crippen LogP contribution < -0.4 is 0 Å². The van der Waals surface area contributed by atoms with Gasteiger partial charge in [-0.05, 0) is 5.56 Å². The SMILES string of the molecule is COC(CO)COCc1ccccc1. The molecule has 78 valence electrons. The minimum Gasteiger partial charge on any atom is -0.394 e. The maximum Gasteiger partial charge on any atom is 0.103 e. The fourth-order valence-electron chi connectivity index (χ4n) is 1.08. The first-order valence-electron chi connectivity index (χ1n) is 4.62. The standard InChI is InChI=1S/C11H16O3/c1-13-11(7-12)9-14-8-10-5-3-2-4-6-10/h2-6,11-12H,7-9H2,1H3. The highest BCUT2D eigenvalue weighted by molar-refractivity contribution is 5.13. The van der Waals surface area contributed by atoms with Crippen molar-refractivity contribution < 1.29 is 14.6 Å². The largest absolute Gasteiger partial charge is 0.394 e. The van der Waals surface area contributed by atoms with Gasteiger partial charge in [-0.3, -0.25) is 0 Å². The third-order valence-electron chi connectivity index (χ3n) is 1.95. The smallest absolute Gasteiger partial charge is 0.103 e. The molecule has 0 fully saturated rings. The lowest BCUT2D eigenvalue weighted by atomic mass is 10.2. The molecule has 1 aromatic rings. The third kappa shape index (κ3) is 3.87. The Labute approximate surface area is 84.3 Å². The van der Waals surface area contributed by atoms with Crippen LogP contribution in [-0.2, 0) is 16.1 Å². The summed E-state index contributed by atoms with van der Waals surface area (Å²) in [5.41, 5.74) is 1.13. The molecule has 0 saturated carbocycles. The molecule has 0 aliphatic carbocycles. The van der Waals surface area contributed by atoms with Gasteiger partial charge in [-0.1, -0.05) is 30.3 Å². The Morgan fingerprint density at radius 1 is 1.29 bits per heavy atom. The van der Waals surface area contributed by atoms with Crippen LogP contribution in [0.1, 0.15) is 5.56 Å². The van der Waals surface area contributed by atoms with Gasteiger partial charge in [0.25, 0.3) is 0 Å². The van der Waals surface area contributed by atoms with E-state index in [9.17, 15) is 0 Å². The van der Waals surface area contributed by atoms with E-state index in [0.29, 0.717) is 13.2 Å². The number of hydrogen-bond donors (Lipinski definition) is 1. The Kier molecular flexibility index (Phi) is 5.22. The lowest BCUT2D eigenvalue weighted by molar-refractivity contribution is -0.0248. The first-order chi connectivity index (χ1) is 6.86. The van der Waals surface area contributed by atoms with Crippen LogP contribution in [0.4, 0.5) is 0 Å². The normalized spacial score (nSPS) is 12.7. The highest BCUT2D eigenvalue weighted by Gasteiger charge is 2.04. The van der Waals surface area contributed by atoms with Crippen LogP contribution in [0.15, 0.2) is 30.3 Å². The third-order valence-corrected chi connectivity index (χ3v) is 1.95. The molecule has 1 atom stereocenters. The van der Waals surface area contributed by atoms with Crippen LogP contribution in [0.5, 0.6) is 0 Å². The van der Waals surface area contributed by atoms with Crippen LogP contribution in [0, 0.1) is 0 Å². The van der Waals surface area contributed by atoms with E-state index in [-0.39, 0.29) is 12.7 Å². The average Bonchev–Trinajstić information content (AvgIpc) is 2.26. The summed E-state index contributed by atoms with van der Waals surface area (Å²) in [5, 5.41) is 8.82. The zero-order valence-corrected chi connectivity index (χ0v) is 8.35. The molecule has 14 heavy (non-hydrogen) atoms. The second-order valence-electron chi connectivity index (χ2n) is 3.04. The molecule has 0 aromatic heterocycles. The van der Waals surface area contributed by atoms with Gasteiger partial charge in [0.2, 0.25) is 0 Å². The molecule has 3 nitrogen and oxygen atoms in total. The molecule has 0 saturated heterocycles. The number of rotatable bonds is 6. The molecule has 0 aliphatic heterocycles. The predicted octanol–water partition coefficient (Wildman–Crippen LogP) is 1.21. The van der Waals surface area contributed by atoms with E-state index in [4.69, 9.17) is 14.6 Å². The number of methoxy groups -OCH3 is 1. The van der Waals surface area contributed by atoms with Crippen molar-refractivity contribution in [1.29, 1.82) is 0 Å². The molecule has 1 unspecified atom stereocenters. The number of aliphatic hydroxyl groups excluding tert-OH is 1. The van der Waals surface area contributed by atoms with Gasteiger partial charge in [-0.2, -0.15) is 0 Å². The molecule has 0 heterocycles. The van der Waals surface area contributed by atoms with Crippen molar-refractivity contribution in [3.05, 3.63) is 35.9 Å². The van der Waals surface area contributed by atoms with Gasteiger partial charge in [-0.15, -0.1) is 0 Å². The van der Waals surface area contributed by atoms with Crippen molar-refractivity contribution in [3.8, 4) is 0 Å². The quantitative estimate of drug-likeness (QED) is 0.743. The van der Waals surface area contributed by atoms with E-state index in [1.54, 1.807) is 7.11 Å². The monoisotopic (exact) mass is 196 g/mol. The first-order valence-corrected chi connectivity index (χ1v) is 4.62. The van der Waals surface area contributed by atoms with Crippen molar-refractivity contribution in [1.82, 2.24) is 0 Å². The number of aliphatic hydroxyl groups is 1. The Morgan fingerprint density at radius 3 is 2.57 bits per heavy atom. The Hall–Kier alpha value is -0.900. The number of hydrogen-bond acceptors (Lipinski definition) is 3. The molecule has 0 amide bonds. The second kappa shape index (κ2) is 6.54. The van der Waals surface area contributed by atoms with Crippen molar-refractivity contribution >= 4 is 0 Å². The van der Waals surface area contributed by atoms with Crippen molar-refractivity contribution in [3.63, 3.8) is 0 Å². The molecule has 0 radical (unpaired) electrons. The maximum atomic E-state index is 8.82. The van der Waals surface area contributed by atoms with Crippen molar-refractivity contribution in [2.75, 3.05) is 20.3 Å². The van der Waals surface area contributed by atoms with Gasteiger partial charge < -0.3 is 14.6 Å². The van der Waals surface area contributed by atoms with Crippen LogP contribution >= 0.6 is 0 Å². The molecule has 0 aliphatic rings. The molecule has 1 aromatic carbocycles. The van der Waals surface area contributed by atoms with E-state index in [2.05, 4.69) is 0 Å². The molecule has 0 bridgehead atoms. The fourth-order valence-corrected chi connectivity index (χ4v) is 1.08. The zero-order valence-electron chi connectivity index (χ0n) is 8.35. The lowest BCUT2D eigenvalue weighted by Crippen LogP contribution is -2.22. The number of benzene rings is 1. The summed E-state index contributed by atoms with van der Waals surface area (Å²) in [6.45, 7) is 0.966. The summed E-state index contributed by atoms with van der Waals surface area (Å²) in [4.78, 5) is 0. The van der Waals surface area contributed by atoms with Crippen LogP contribution in [0.3, 0.4) is 0 Å². The summed E-state index contributed by atoms with van der Waals surface area (Å²) in [6.07, 6.45) is -0.223. The van der Waals surface area contributed by atoms with Gasteiger partial charge in [0.15, 0.2) is 0 Å². The van der Waals surface area contributed by atoms with Crippen LogP contribution in [0.25, 0.3) is 0 Å². The molecule has 3 heteroatoms. The lowest BCUT2D eigenvalue weighted by Gasteiger charge is -2.12. The number of ether oxygens (including phenoxy) is 2. The summed E-state index contributed by atoms with van der Waals surface area (Å²) in [7, 11) is 1.56. The van der Waals surface area contributed by atoms with Gasteiger partial charge in [0, 0.05) is 7.11 Å². The highest BCUT2D eigenvalue weighted by Crippen LogP contribution is 2.01. The molecular weight excluding hydrogens is 180 g/mol. The van der Waals surface area contributed by atoms with E-state index < -0.39 is 0 Å². The predicted molar refractivity (Wildman–Crippen MR) is 54.0 cm³/mol. The van der Waals surface area contributed by atoms with E-state index in [0.717, 1.165) is 5.56 Å². The van der Waals surface area contributed by atoms with Gasteiger partial charge in [0.1, 0.15) is 6.10 Å². The van der Waals surface area contributed by atoms with Gasteiger partial charge in [0.05, 0.1) is 19.8 Å². The first kappa shape index (κ1) is 11.2.